The normalized spacial score (nSPS) is 14.2. The Hall–Kier alpha value is -2.22. The van der Waals surface area contributed by atoms with E-state index in [-0.39, 0.29) is 5.76 Å². The van der Waals surface area contributed by atoms with Crippen molar-refractivity contribution in [3.05, 3.63) is 71.9 Å². The summed E-state index contributed by atoms with van der Waals surface area (Å²) in [7, 11) is 1.62. The molecule has 1 aromatic rings. The maximum Gasteiger partial charge on any atom is 0.122 e. The van der Waals surface area contributed by atoms with Gasteiger partial charge in [0, 0.05) is 5.56 Å². The first-order valence-corrected chi connectivity index (χ1v) is 5.40. The first-order chi connectivity index (χ1) is 8.29. The van der Waals surface area contributed by atoms with E-state index in [2.05, 4.69) is 0 Å². The summed E-state index contributed by atoms with van der Waals surface area (Å²) >= 11 is 0. The van der Waals surface area contributed by atoms with Crippen LogP contribution in [0.25, 0.3) is 5.76 Å². The standard InChI is InChI=1S/C15H14O2/c1-17-14-9-7-13(8-10-14)15(16)11-6-12-4-2-3-5-12/h2-11,16H,1H3/b15-11-. The molecule has 86 valence electrons. The third-order valence-electron chi connectivity index (χ3n) is 2.51. The Balaban J connectivity index is 2.15. The summed E-state index contributed by atoms with van der Waals surface area (Å²) in [5.41, 5.74) is 1.85. The Morgan fingerprint density at radius 1 is 1.12 bits per heavy atom. The molecule has 2 nitrogen and oxygen atoms in total. The number of hydrogen-bond donors (Lipinski definition) is 1. The Kier molecular flexibility index (Phi) is 3.46. The highest BCUT2D eigenvalue weighted by Gasteiger charge is 1.98. The van der Waals surface area contributed by atoms with Gasteiger partial charge in [-0.25, -0.2) is 0 Å². The Morgan fingerprint density at radius 3 is 2.35 bits per heavy atom. The highest BCUT2D eigenvalue weighted by Crippen LogP contribution is 2.17. The zero-order valence-electron chi connectivity index (χ0n) is 9.63. The van der Waals surface area contributed by atoms with Crippen LogP contribution in [0.4, 0.5) is 0 Å². The van der Waals surface area contributed by atoms with Gasteiger partial charge in [-0.2, -0.15) is 0 Å². The van der Waals surface area contributed by atoms with Crippen molar-refractivity contribution in [3.8, 4) is 5.75 Å². The molecule has 1 aliphatic carbocycles. The van der Waals surface area contributed by atoms with Crippen LogP contribution in [0.15, 0.2) is 66.3 Å². The third kappa shape index (κ3) is 2.88. The van der Waals surface area contributed by atoms with Gasteiger partial charge in [0.15, 0.2) is 0 Å². The Labute approximate surface area is 101 Å². The lowest BCUT2D eigenvalue weighted by Gasteiger charge is -2.02. The van der Waals surface area contributed by atoms with Gasteiger partial charge in [-0.15, -0.1) is 0 Å². The lowest BCUT2D eigenvalue weighted by molar-refractivity contribution is 0.414. The van der Waals surface area contributed by atoms with Gasteiger partial charge in [0.1, 0.15) is 11.5 Å². The predicted molar refractivity (Wildman–Crippen MR) is 70.0 cm³/mol. The molecule has 0 heterocycles. The van der Waals surface area contributed by atoms with Crippen LogP contribution in [0.5, 0.6) is 5.75 Å². The SMILES string of the molecule is COc1ccc(/C(O)=C/C=C2C=CC=C2)cc1. The number of hydrogen-bond acceptors (Lipinski definition) is 2. The van der Waals surface area contributed by atoms with Crippen LogP contribution in [0.1, 0.15) is 5.56 Å². The molecule has 1 N–H and O–H groups in total. The fourth-order valence-electron chi connectivity index (χ4n) is 1.53. The molecule has 0 fully saturated rings. The van der Waals surface area contributed by atoms with E-state index in [0.29, 0.717) is 0 Å². The molecule has 0 aromatic heterocycles. The monoisotopic (exact) mass is 226 g/mol. The van der Waals surface area contributed by atoms with E-state index in [1.165, 1.54) is 0 Å². The molecule has 0 unspecified atom stereocenters. The molecule has 1 aliphatic rings. The van der Waals surface area contributed by atoms with Gasteiger partial charge < -0.3 is 9.84 Å². The van der Waals surface area contributed by atoms with Gasteiger partial charge in [-0.3, -0.25) is 0 Å². The number of allylic oxidation sites excluding steroid dienone is 7. The number of methoxy groups -OCH3 is 1. The minimum atomic E-state index is 0.244. The van der Waals surface area contributed by atoms with Crippen molar-refractivity contribution in [2.75, 3.05) is 7.11 Å². The van der Waals surface area contributed by atoms with Gasteiger partial charge in [0.05, 0.1) is 7.11 Å². The number of ether oxygens (including phenoxy) is 1. The topological polar surface area (TPSA) is 29.5 Å². The summed E-state index contributed by atoms with van der Waals surface area (Å²) in [5, 5.41) is 9.87. The second kappa shape index (κ2) is 5.21. The molecule has 0 atom stereocenters. The van der Waals surface area contributed by atoms with Crippen molar-refractivity contribution >= 4 is 5.76 Å². The second-order valence-electron chi connectivity index (χ2n) is 3.67. The van der Waals surface area contributed by atoms with Gasteiger partial charge >= 0.3 is 0 Å². The molecule has 2 heteroatoms. The number of benzene rings is 1. The zero-order valence-corrected chi connectivity index (χ0v) is 9.63. The van der Waals surface area contributed by atoms with E-state index in [1.807, 2.05) is 54.6 Å². The maximum absolute atomic E-state index is 9.87. The molecule has 0 aliphatic heterocycles. The molecule has 0 saturated carbocycles. The zero-order chi connectivity index (χ0) is 12.1. The van der Waals surface area contributed by atoms with Crippen molar-refractivity contribution in [2.24, 2.45) is 0 Å². The quantitative estimate of drug-likeness (QED) is 0.797. The Bertz CT molecular complexity index is 488. The summed E-state index contributed by atoms with van der Waals surface area (Å²) in [4.78, 5) is 0. The fourth-order valence-corrected chi connectivity index (χ4v) is 1.53. The van der Waals surface area contributed by atoms with Crippen LogP contribution < -0.4 is 4.74 Å². The summed E-state index contributed by atoms with van der Waals surface area (Å²) in [6.45, 7) is 0. The summed E-state index contributed by atoms with van der Waals surface area (Å²) in [5.74, 6) is 1.02. The summed E-state index contributed by atoms with van der Waals surface area (Å²) in [6, 6.07) is 7.29. The fraction of sp³-hybridized carbons (Fsp3) is 0.0667. The van der Waals surface area contributed by atoms with Crippen molar-refractivity contribution in [1.29, 1.82) is 0 Å². The molecule has 1 aromatic carbocycles. The van der Waals surface area contributed by atoms with E-state index >= 15 is 0 Å². The number of rotatable bonds is 3. The molecular formula is C15H14O2. The lowest BCUT2D eigenvalue weighted by atomic mass is 10.1. The minimum absolute atomic E-state index is 0.244. The average molecular weight is 226 g/mol. The second-order valence-corrected chi connectivity index (χ2v) is 3.67. The molecule has 0 spiro atoms. The highest BCUT2D eigenvalue weighted by molar-refractivity contribution is 5.61. The van der Waals surface area contributed by atoms with Crippen LogP contribution in [0, 0.1) is 0 Å². The van der Waals surface area contributed by atoms with E-state index in [0.717, 1.165) is 16.9 Å². The van der Waals surface area contributed by atoms with Crippen molar-refractivity contribution in [3.63, 3.8) is 0 Å². The highest BCUT2D eigenvalue weighted by atomic mass is 16.5. The maximum atomic E-state index is 9.87. The molecule has 0 saturated heterocycles. The van der Waals surface area contributed by atoms with Crippen LogP contribution in [0.3, 0.4) is 0 Å². The van der Waals surface area contributed by atoms with Crippen LogP contribution >= 0.6 is 0 Å². The molecule has 0 bridgehead atoms. The van der Waals surface area contributed by atoms with Crippen molar-refractivity contribution < 1.29 is 9.84 Å². The van der Waals surface area contributed by atoms with E-state index < -0.39 is 0 Å². The predicted octanol–water partition coefficient (Wildman–Crippen LogP) is 3.65. The van der Waals surface area contributed by atoms with E-state index in [9.17, 15) is 5.11 Å². The number of aliphatic hydroxyl groups excluding tert-OH is 1. The summed E-state index contributed by atoms with van der Waals surface area (Å²) < 4.78 is 5.06. The Morgan fingerprint density at radius 2 is 1.76 bits per heavy atom. The van der Waals surface area contributed by atoms with Gasteiger partial charge in [-0.05, 0) is 35.9 Å². The lowest BCUT2D eigenvalue weighted by Crippen LogP contribution is -1.85. The van der Waals surface area contributed by atoms with Crippen LogP contribution in [-0.4, -0.2) is 12.2 Å². The molecule has 17 heavy (non-hydrogen) atoms. The molecular weight excluding hydrogens is 212 g/mol. The molecule has 0 amide bonds. The average Bonchev–Trinajstić information content (AvgIpc) is 2.89. The van der Waals surface area contributed by atoms with Gasteiger partial charge in [-0.1, -0.05) is 30.4 Å². The first-order valence-electron chi connectivity index (χ1n) is 5.40. The van der Waals surface area contributed by atoms with Crippen molar-refractivity contribution in [1.82, 2.24) is 0 Å². The first kappa shape index (κ1) is 11.3. The minimum Gasteiger partial charge on any atom is -0.507 e. The van der Waals surface area contributed by atoms with Crippen LogP contribution in [0.2, 0.25) is 0 Å². The van der Waals surface area contributed by atoms with Crippen LogP contribution in [-0.2, 0) is 0 Å². The summed E-state index contributed by atoms with van der Waals surface area (Å²) in [6.07, 6.45) is 11.5. The van der Waals surface area contributed by atoms with E-state index in [4.69, 9.17) is 4.74 Å². The molecule has 2 rings (SSSR count). The smallest absolute Gasteiger partial charge is 0.122 e. The van der Waals surface area contributed by atoms with Gasteiger partial charge in [0.25, 0.3) is 0 Å². The largest absolute Gasteiger partial charge is 0.507 e. The van der Waals surface area contributed by atoms with Gasteiger partial charge in [0.2, 0.25) is 0 Å². The van der Waals surface area contributed by atoms with Crippen molar-refractivity contribution in [2.45, 2.75) is 0 Å². The number of aliphatic hydroxyl groups is 1. The third-order valence-corrected chi connectivity index (χ3v) is 2.51. The van der Waals surface area contributed by atoms with E-state index in [1.54, 1.807) is 13.2 Å². The molecule has 0 radical (unpaired) electrons.